The van der Waals surface area contributed by atoms with Crippen LogP contribution < -0.4 is 9.64 Å². The summed E-state index contributed by atoms with van der Waals surface area (Å²) in [4.78, 5) is 18.7. The Balaban J connectivity index is 1.61. The van der Waals surface area contributed by atoms with Gasteiger partial charge in [0.25, 0.3) is 0 Å². The molecular formula is C26H24N2O3. The van der Waals surface area contributed by atoms with E-state index in [-0.39, 0.29) is 6.61 Å². The van der Waals surface area contributed by atoms with Gasteiger partial charge in [-0.3, -0.25) is 4.99 Å². The fourth-order valence-corrected chi connectivity index (χ4v) is 4.74. The molecule has 2 aliphatic heterocycles. The third-order valence-electron chi connectivity index (χ3n) is 6.39. The number of esters is 1. The number of fused-ring (bicyclic) bond motifs is 4. The number of para-hydroxylation sites is 1. The zero-order valence-electron chi connectivity index (χ0n) is 17.7. The molecule has 0 N–H and O–H groups in total. The number of carbonyl (C=O) groups is 1. The van der Waals surface area contributed by atoms with Crippen molar-refractivity contribution >= 4 is 34.3 Å². The minimum Gasteiger partial charge on any atom is -0.461 e. The lowest BCUT2D eigenvalue weighted by molar-refractivity contribution is -0.137. The van der Waals surface area contributed by atoms with Gasteiger partial charge in [-0.15, -0.1) is 0 Å². The van der Waals surface area contributed by atoms with E-state index in [2.05, 4.69) is 55.7 Å². The number of aliphatic imine (C=N–C) groups is 1. The zero-order chi connectivity index (χ0) is 21.6. The molecule has 0 radical (unpaired) electrons. The van der Waals surface area contributed by atoms with Gasteiger partial charge >= 0.3 is 5.97 Å². The fourth-order valence-electron chi connectivity index (χ4n) is 4.74. The molecular weight excluding hydrogens is 388 g/mol. The summed E-state index contributed by atoms with van der Waals surface area (Å²) in [6.07, 6.45) is 3.09. The molecule has 156 valence electrons. The molecule has 5 nitrogen and oxygen atoms in total. The molecule has 3 aromatic carbocycles. The van der Waals surface area contributed by atoms with Gasteiger partial charge in [-0.25, -0.2) is 4.79 Å². The van der Waals surface area contributed by atoms with E-state index in [0.29, 0.717) is 6.54 Å². The van der Waals surface area contributed by atoms with Gasteiger partial charge in [0, 0.05) is 17.1 Å². The van der Waals surface area contributed by atoms with Crippen LogP contribution >= 0.6 is 0 Å². The van der Waals surface area contributed by atoms with Crippen LogP contribution in [0.15, 0.2) is 78.3 Å². The van der Waals surface area contributed by atoms with E-state index in [0.717, 1.165) is 27.9 Å². The Hall–Kier alpha value is -3.60. The molecule has 1 spiro atoms. The van der Waals surface area contributed by atoms with Crippen LogP contribution in [-0.4, -0.2) is 31.1 Å². The van der Waals surface area contributed by atoms with E-state index in [4.69, 9.17) is 14.5 Å². The van der Waals surface area contributed by atoms with Crippen LogP contribution in [-0.2, 0) is 14.9 Å². The van der Waals surface area contributed by atoms with Crippen LogP contribution in [0.25, 0.3) is 10.8 Å². The third-order valence-corrected chi connectivity index (χ3v) is 6.39. The van der Waals surface area contributed by atoms with Crippen LogP contribution in [0.4, 0.5) is 11.4 Å². The second-order valence-corrected chi connectivity index (χ2v) is 8.36. The first-order chi connectivity index (χ1) is 15.0. The Morgan fingerprint density at radius 3 is 2.74 bits per heavy atom. The molecule has 0 fully saturated rings. The van der Waals surface area contributed by atoms with E-state index in [1.54, 1.807) is 0 Å². The smallest absolute Gasteiger partial charge is 0.330 e. The number of benzene rings is 3. The average molecular weight is 412 g/mol. The molecule has 1 unspecified atom stereocenters. The number of hydrogen-bond acceptors (Lipinski definition) is 5. The topological polar surface area (TPSA) is 51.1 Å². The lowest BCUT2D eigenvalue weighted by Gasteiger charge is -2.46. The van der Waals surface area contributed by atoms with Gasteiger partial charge in [-0.05, 0) is 36.9 Å². The number of carbonyl (C=O) groups excluding carboxylic acids is 1. The van der Waals surface area contributed by atoms with Gasteiger partial charge in [0.05, 0.1) is 18.2 Å². The summed E-state index contributed by atoms with van der Waals surface area (Å²) in [7, 11) is 0. The van der Waals surface area contributed by atoms with Gasteiger partial charge < -0.3 is 14.4 Å². The van der Waals surface area contributed by atoms with Gasteiger partial charge in [0.1, 0.15) is 18.0 Å². The normalized spacial score (nSPS) is 20.3. The van der Waals surface area contributed by atoms with E-state index in [9.17, 15) is 4.79 Å². The molecule has 3 aromatic rings. The zero-order valence-corrected chi connectivity index (χ0v) is 17.7. The quantitative estimate of drug-likeness (QED) is 0.439. The van der Waals surface area contributed by atoms with Crippen molar-refractivity contribution in [2.75, 3.05) is 18.1 Å². The largest absolute Gasteiger partial charge is 0.461 e. The molecule has 5 heteroatoms. The number of nitrogens with zero attached hydrogens (tertiary/aromatic N) is 2. The molecule has 5 rings (SSSR count). The number of hydrogen-bond donors (Lipinski definition) is 0. The van der Waals surface area contributed by atoms with Gasteiger partial charge in [0.2, 0.25) is 5.72 Å². The van der Waals surface area contributed by atoms with Gasteiger partial charge in [-0.2, -0.15) is 0 Å². The highest BCUT2D eigenvalue weighted by Gasteiger charge is 2.59. The SMILES string of the molecule is C=CC(=O)OCCN1c2ccccc2C(C)(C)C12C=Nc1c(ccc3ccccc13)O2. The second kappa shape index (κ2) is 6.98. The Morgan fingerprint density at radius 2 is 1.90 bits per heavy atom. The molecule has 2 aliphatic rings. The monoisotopic (exact) mass is 412 g/mol. The molecule has 0 amide bonds. The van der Waals surface area contributed by atoms with Crippen molar-refractivity contribution in [2.45, 2.75) is 25.0 Å². The number of anilines is 1. The standard InChI is InChI=1S/C26H24N2O3/c1-4-23(29)30-16-15-28-21-12-8-7-11-20(21)25(2,3)26(28)17-27-24-19-10-6-5-9-18(19)13-14-22(24)31-26/h4-14,17H,1,15-16H2,2-3H3. The molecule has 0 aliphatic carbocycles. The third kappa shape index (κ3) is 2.76. The fraction of sp³-hybridized carbons (Fsp3) is 0.231. The second-order valence-electron chi connectivity index (χ2n) is 8.36. The lowest BCUT2D eigenvalue weighted by Crippen LogP contribution is -2.62. The highest BCUT2D eigenvalue weighted by atomic mass is 16.5. The summed E-state index contributed by atoms with van der Waals surface area (Å²) < 4.78 is 12.1. The van der Waals surface area contributed by atoms with Gasteiger partial charge in [0.15, 0.2) is 0 Å². The summed E-state index contributed by atoms with van der Waals surface area (Å²) in [6, 6.07) is 20.5. The number of ether oxygens (including phenoxy) is 2. The Bertz CT molecular complexity index is 1230. The minimum absolute atomic E-state index is 0.221. The highest BCUT2D eigenvalue weighted by Crippen LogP contribution is 2.54. The van der Waals surface area contributed by atoms with Crippen molar-refractivity contribution in [2.24, 2.45) is 4.99 Å². The summed E-state index contributed by atoms with van der Waals surface area (Å²) in [5.41, 5.74) is 1.83. The summed E-state index contributed by atoms with van der Waals surface area (Å²) in [5, 5.41) is 2.19. The highest BCUT2D eigenvalue weighted by molar-refractivity contribution is 5.99. The van der Waals surface area contributed by atoms with E-state index in [1.807, 2.05) is 36.5 Å². The Kier molecular flexibility index (Phi) is 4.36. The average Bonchev–Trinajstić information content (AvgIpc) is 2.97. The maximum absolute atomic E-state index is 11.6. The minimum atomic E-state index is -0.841. The van der Waals surface area contributed by atoms with Gasteiger partial charge in [-0.1, -0.05) is 55.1 Å². The summed E-state index contributed by atoms with van der Waals surface area (Å²) >= 11 is 0. The van der Waals surface area contributed by atoms with Crippen LogP contribution in [0.2, 0.25) is 0 Å². The first-order valence-corrected chi connectivity index (χ1v) is 10.4. The maximum Gasteiger partial charge on any atom is 0.330 e. The predicted octanol–water partition coefficient (Wildman–Crippen LogP) is 5.16. The lowest BCUT2D eigenvalue weighted by atomic mass is 9.77. The van der Waals surface area contributed by atoms with Crippen molar-refractivity contribution in [3.05, 3.63) is 78.9 Å². The van der Waals surface area contributed by atoms with E-state index in [1.165, 1.54) is 11.6 Å². The predicted molar refractivity (Wildman–Crippen MR) is 123 cm³/mol. The van der Waals surface area contributed by atoms with Crippen molar-refractivity contribution in [1.82, 2.24) is 0 Å². The van der Waals surface area contributed by atoms with Crippen LogP contribution in [0, 0.1) is 0 Å². The molecule has 1 atom stereocenters. The number of rotatable bonds is 4. The van der Waals surface area contributed by atoms with Crippen LogP contribution in [0.1, 0.15) is 19.4 Å². The Morgan fingerprint density at radius 1 is 1.13 bits per heavy atom. The molecule has 0 saturated heterocycles. The van der Waals surface area contributed by atoms with Crippen LogP contribution in [0.5, 0.6) is 5.75 Å². The van der Waals surface area contributed by atoms with Crippen molar-refractivity contribution in [3.63, 3.8) is 0 Å². The molecule has 0 aromatic heterocycles. The molecule has 2 heterocycles. The Labute approximate surface area is 181 Å². The summed E-state index contributed by atoms with van der Waals surface area (Å²) in [5.74, 6) is 0.311. The molecule has 31 heavy (non-hydrogen) atoms. The van der Waals surface area contributed by atoms with Crippen molar-refractivity contribution in [3.8, 4) is 5.75 Å². The van der Waals surface area contributed by atoms with Crippen molar-refractivity contribution in [1.29, 1.82) is 0 Å². The van der Waals surface area contributed by atoms with Crippen LogP contribution in [0.3, 0.4) is 0 Å². The first kappa shape index (κ1) is 19.4. The van der Waals surface area contributed by atoms with E-state index >= 15 is 0 Å². The summed E-state index contributed by atoms with van der Waals surface area (Å²) in [6.45, 7) is 8.49. The molecule has 0 bridgehead atoms. The van der Waals surface area contributed by atoms with E-state index < -0.39 is 17.1 Å². The molecule has 0 saturated carbocycles. The van der Waals surface area contributed by atoms with Crippen molar-refractivity contribution < 1.29 is 14.3 Å². The maximum atomic E-state index is 11.6. The first-order valence-electron chi connectivity index (χ1n) is 10.4.